The van der Waals surface area contributed by atoms with Gasteiger partial charge in [0.1, 0.15) is 18.0 Å². The molecule has 0 atom stereocenters. The number of hydrogen-bond donors (Lipinski definition) is 0. The van der Waals surface area contributed by atoms with Crippen LogP contribution in [0.4, 0.5) is 10.1 Å². The predicted molar refractivity (Wildman–Crippen MR) is 74.9 cm³/mol. The number of rotatable bonds is 3. The van der Waals surface area contributed by atoms with Crippen LogP contribution < -0.4 is 4.90 Å². The van der Waals surface area contributed by atoms with Crippen LogP contribution in [0, 0.1) is 5.82 Å². The molecule has 1 aliphatic heterocycles. The molecule has 0 spiro atoms. The third-order valence-corrected chi connectivity index (χ3v) is 3.74. The van der Waals surface area contributed by atoms with Crippen molar-refractivity contribution < 1.29 is 4.39 Å². The Balaban J connectivity index is 1.60. The minimum Gasteiger partial charge on any atom is -0.367 e. The van der Waals surface area contributed by atoms with Crippen LogP contribution in [-0.2, 0) is 13.6 Å². The van der Waals surface area contributed by atoms with Crippen molar-refractivity contribution in [3.8, 4) is 0 Å². The van der Waals surface area contributed by atoms with Crippen molar-refractivity contribution in [1.29, 1.82) is 0 Å². The van der Waals surface area contributed by atoms with E-state index in [1.807, 2.05) is 19.2 Å². The number of benzene rings is 1. The predicted octanol–water partition coefficient (Wildman–Crippen LogP) is 1.28. The Morgan fingerprint density at radius 1 is 1.15 bits per heavy atom. The van der Waals surface area contributed by atoms with Gasteiger partial charge in [0.2, 0.25) is 0 Å². The second-order valence-corrected chi connectivity index (χ2v) is 5.01. The van der Waals surface area contributed by atoms with Crippen molar-refractivity contribution in [3.05, 3.63) is 42.2 Å². The molecule has 1 saturated heterocycles. The van der Waals surface area contributed by atoms with E-state index >= 15 is 0 Å². The second kappa shape index (κ2) is 5.58. The van der Waals surface area contributed by atoms with Gasteiger partial charge in [0.25, 0.3) is 0 Å². The molecule has 1 aromatic heterocycles. The lowest BCUT2D eigenvalue weighted by Crippen LogP contribution is -2.46. The maximum Gasteiger partial charge on any atom is 0.146 e. The minimum atomic E-state index is -0.144. The number of aryl methyl sites for hydroxylation is 1. The van der Waals surface area contributed by atoms with Crippen LogP contribution in [0.1, 0.15) is 5.82 Å². The number of anilines is 1. The Hall–Kier alpha value is -1.95. The van der Waals surface area contributed by atoms with Gasteiger partial charge in [-0.3, -0.25) is 9.58 Å². The Morgan fingerprint density at radius 3 is 2.55 bits per heavy atom. The normalized spacial score (nSPS) is 16.6. The zero-order chi connectivity index (χ0) is 13.9. The molecule has 3 rings (SSSR count). The van der Waals surface area contributed by atoms with E-state index in [1.165, 1.54) is 6.07 Å². The molecule has 2 aromatic rings. The molecule has 0 radical (unpaired) electrons. The molecule has 1 aliphatic rings. The van der Waals surface area contributed by atoms with Gasteiger partial charge in [-0.05, 0) is 12.1 Å². The smallest absolute Gasteiger partial charge is 0.146 e. The maximum atomic E-state index is 13.8. The van der Waals surface area contributed by atoms with E-state index in [0.29, 0.717) is 5.69 Å². The third-order valence-electron chi connectivity index (χ3n) is 3.74. The lowest BCUT2D eigenvalue weighted by Gasteiger charge is -2.35. The highest BCUT2D eigenvalue weighted by atomic mass is 19.1. The van der Waals surface area contributed by atoms with Crippen LogP contribution in [0.15, 0.2) is 30.6 Å². The van der Waals surface area contributed by atoms with Crippen molar-refractivity contribution in [2.45, 2.75) is 6.54 Å². The molecule has 106 valence electrons. The van der Waals surface area contributed by atoms with E-state index in [0.717, 1.165) is 38.5 Å². The van der Waals surface area contributed by atoms with Gasteiger partial charge in [-0.1, -0.05) is 12.1 Å². The van der Waals surface area contributed by atoms with Crippen molar-refractivity contribution >= 4 is 5.69 Å². The summed E-state index contributed by atoms with van der Waals surface area (Å²) in [6.07, 6.45) is 1.57. The summed E-state index contributed by atoms with van der Waals surface area (Å²) in [5, 5.41) is 4.08. The Labute approximate surface area is 117 Å². The van der Waals surface area contributed by atoms with Gasteiger partial charge in [-0.25, -0.2) is 9.37 Å². The summed E-state index contributed by atoms with van der Waals surface area (Å²) in [6.45, 7) is 4.27. The highest BCUT2D eigenvalue weighted by molar-refractivity contribution is 5.47. The van der Waals surface area contributed by atoms with Crippen LogP contribution in [0.3, 0.4) is 0 Å². The molecule has 0 saturated carbocycles. The summed E-state index contributed by atoms with van der Waals surface area (Å²) in [7, 11) is 1.90. The molecule has 6 heteroatoms. The van der Waals surface area contributed by atoms with E-state index in [9.17, 15) is 4.39 Å². The standard InChI is InChI=1S/C14H18FN5/c1-18-14(16-11-17-18)10-19-6-8-20(9-7-19)13-5-3-2-4-12(13)15/h2-5,11H,6-10H2,1H3. The SMILES string of the molecule is Cn1ncnc1CN1CCN(c2ccccc2F)CC1. The lowest BCUT2D eigenvalue weighted by molar-refractivity contribution is 0.240. The molecule has 20 heavy (non-hydrogen) atoms. The van der Waals surface area contributed by atoms with Crippen LogP contribution in [0.2, 0.25) is 0 Å². The van der Waals surface area contributed by atoms with Gasteiger partial charge >= 0.3 is 0 Å². The van der Waals surface area contributed by atoms with Crippen molar-refractivity contribution in [3.63, 3.8) is 0 Å². The zero-order valence-electron chi connectivity index (χ0n) is 11.5. The highest BCUT2D eigenvalue weighted by Crippen LogP contribution is 2.20. The summed E-state index contributed by atoms with van der Waals surface area (Å²) < 4.78 is 15.5. The largest absolute Gasteiger partial charge is 0.367 e. The average Bonchev–Trinajstić information content (AvgIpc) is 2.86. The van der Waals surface area contributed by atoms with E-state index in [4.69, 9.17) is 0 Å². The number of piperazine rings is 1. The van der Waals surface area contributed by atoms with E-state index in [2.05, 4.69) is 19.9 Å². The fourth-order valence-electron chi connectivity index (χ4n) is 2.52. The summed E-state index contributed by atoms with van der Waals surface area (Å²) in [5.74, 6) is 0.818. The van der Waals surface area contributed by atoms with Crippen LogP contribution in [0.5, 0.6) is 0 Å². The van der Waals surface area contributed by atoms with E-state index < -0.39 is 0 Å². The van der Waals surface area contributed by atoms with Crippen molar-refractivity contribution in [1.82, 2.24) is 19.7 Å². The Bertz CT molecular complexity index is 574. The number of nitrogens with zero attached hydrogens (tertiary/aromatic N) is 5. The number of aromatic nitrogens is 3. The highest BCUT2D eigenvalue weighted by Gasteiger charge is 2.20. The Morgan fingerprint density at radius 2 is 1.90 bits per heavy atom. The van der Waals surface area contributed by atoms with E-state index in [-0.39, 0.29) is 5.82 Å². The van der Waals surface area contributed by atoms with Gasteiger partial charge in [-0.2, -0.15) is 5.10 Å². The fraction of sp³-hybridized carbons (Fsp3) is 0.429. The molecular weight excluding hydrogens is 257 g/mol. The second-order valence-electron chi connectivity index (χ2n) is 5.01. The monoisotopic (exact) mass is 275 g/mol. The molecule has 0 bridgehead atoms. The molecule has 1 fully saturated rings. The summed E-state index contributed by atoms with van der Waals surface area (Å²) >= 11 is 0. The Kier molecular flexibility index (Phi) is 3.64. The molecule has 2 heterocycles. The van der Waals surface area contributed by atoms with Crippen LogP contribution in [-0.4, -0.2) is 45.8 Å². The third kappa shape index (κ3) is 2.65. The quantitative estimate of drug-likeness (QED) is 0.845. The van der Waals surface area contributed by atoms with Gasteiger partial charge in [0.15, 0.2) is 0 Å². The number of para-hydroxylation sites is 1. The molecule has 0 amide bonds. The van der Waals surface area contributed by atoms with Gasteiger partial charge < -0.3 is 4.90 Å². The number of halogens is 1. The lowest BCUT2D eigenvalue weighted by atomic mass is 10.2. The number of hydrogen-bond acceptors (Lipinski definition) is 4. The van der Waals surface area contributed by atoms with Crippen molar-refractivity contribution in [2.75, 3.05) is 31.1 Å². The first-order chi connectivity index (χ1) is 9.74. The zero-order valence-corrected chi connectivity index (χ0v) is 11.5. The van der Waals surface area contributed by atoms with Gasteiger partial charge in [0.05, 0.1) is 12.2 Å². The maximum absolute atomic E-state index is 13.8. The summed E-state index contributed by atoms with van der Waals surface area (Å²) in [5.41, 5.74) is 0.700. The summed E-state index contributed by atoms with van der Waals surface area (Å²) in [6, 6.07) is 6.96. The van der Waals surface area contributed by atoms with Crippen molar-refractivity contribution in [2.24, 2.45) is 7.05 Å². The molecule has 0 aliphatic carbocycles. The first kappa shape index (κ1) is 13.1. The minimum absolute atomic E-state index is 0.144. The summed E-state index contributed by atoms with van der Waals surface area (Å²) in [4.78, 5) is 8.66. The van der Waals surface area contributed by atoms with Gasteiger partial charge in [0, 0.05) is 33.2 Å². The first-order valence-corrected chi connectivity index (χ1v) is 6.79. The molecule has 5 nitrogen and oxygen atoms in total. The molecular formula is C14H18FN5. The topological polar surface area (TPSA) is 37.2 Å². The fourth-order valence-corrected chi connectivity index (χ4v) is 2.52. The molecule has 0 N–H and O–H groups in total. The average molecular weight is 275 g/mol. The van der Waals surface area contributed by atoms with E-state index in [1.54, 1.807) is 17.1 Å². The molecule has 0 unspecified atom stereocenters. The molecule has 1 aromatic carbocycles. The van der Waals surface area contributed by atoms with Gasteiger partial charge in [-0.15, -0.1) is 0 Å². The first-order valence-electron chi connectivity index (χ1n) is 6.79. The van der Waals surface area contributed by atoms with Crippen LogP contribution in [0.25, 0.3) is 0 Å². The van der Waals surface area contributed by atoms with Crippen LogP contribution >= 0.6 is 0 Å².